The van der Waals surface area contributed by atoms with Crippen molar-refractivity contribution >= 4 is 46.0 Å². The summed E-state index contributed by atoms with van der Waals surface area (Å²) in [6.07, 6.45) is 6.82. The fourth-order valence-electron chi connectivity index (χ4n) is 3.45. The van der Waals surface area contributed by atoms with Crippen LogP contribution in [0.1, 0.15) is 31.5 Å². The molecule has 160 valence electrons. The van der Waals surface area contributed by atoms with Crippen LogP contribution in [0, 0.1) is 0 Å². The zero-order valence-corrected chi connectivity index (χ0v) is 18.2. The molecule has 5 heteroatoms. The highest BCUT2D eigenvalue weighted by Crippen LogP contribution is 2.25. The van der Waals surface area contributed by atoms with Crippen molar-refractivity contribution in [3.05, 3.63) is 95.7 Å². The Morgan fingerprint density at radius 3 is 2.53 bits per heavy atom. The second-order valence-electron chi connectivity index (χ2n) is 7.57. The molecule has 0 unspecified atom stereocenters. The molecule has 0 saturated heterocycles. The van der Waals surface area contributed by atoms with Crippen LogP contribution in [-0.4, -0.2) is 16.1 Å². The van der Waals surface area contributed by atoms with Crippen LogP contribution >= 0.6 is 0 Å². The quantitative estimate of drug-likeness (QED) is 0.288. The van der Waals surface area contributed by atoms with E-state index in [4.69, 9.17) is 0 Å². The summed E-state index contributed by atoms with van der Waals surface area (Å²) in [6, 6.07) is 23.9. The molecule has 4 aromatic rings. The van der Waals surface area contributed by atoms with E-state index in [0.29, 0.717) is 5.57 Å². The number of nitrogens with one attached hydrogen (secondary N) is 3. The van der Waals surface area contributed by atoms with E-state index in [-0.39, 0.29) is 5.91 Å². The van der Waals surface area contributed by atoms with Crippen LogP contribution in [0.25, 0.3) is 23.1 Å². The molecule has 0 aliphatic rings. The number of allylic oxidation sites excluding steroid dienone is 1. The number of carbonyl (C=O) groups excluding carboxylic acids is 1. The van der Waals surface area contributed by atoms with Gasteiger partial charge in [-0.05, 0) is 61.4 Å². The van der Waals surface area contributed by atoms with Crippen LogP contribution in [-0.2, 0) is 4.79 Å². The standard InChI is InChI=1S/C27H26N4O/c1-3-8-19(2)27(32)29-22-12-7-11-21(17-22)28-23-14-15-24-25(30-31-26(24)18-23)16-13-20-9-5-4-6-10-20/h4-18,28H,3H2,1-2H3,(H,29,32)(H,30,31)/b16-13+,19-8+. The molecular weight excluding hydrogens is 396 g/mol. The van der Waals surface area contributed by atoms with Gasteiger partial charge in [0.2, 0.25) is 0 Å². The maximum absolute atomic E-state index is 12.2. The van der Waals surface area contributed by atoms with Crippen molar-refractivity contribution in [2.24, 2.45) is 0 Å². The summed E-state index contributed by atoms with van der Waals surface area (Å²) in [4.78, 5) is 12.2. The third-order valence-electron chi connectivity index (χ3n) is 5.10. The number of amides is 1. The Hall–Kier alpha value is -4.12. The van der Waals surface area contributed by atoms with Gasteiger partial charge in [-0.25, -0.2) is 0 Å². The second kappa shape index (κ2) is 9.79. The SMILES string of the molecule is CC/C=C(\C)C(=O)Nc1cccc(Nc2ccc3c(/C=C/c4ccccc4)n[nH]c3c2)c1. The Kier molecular flexibility index (Phi) is 6.46. The van der Waals surface area contributed by atoms with Gasteiger partial charge in [0.15, 0.2) is 0 Å². The zero-order valence-electron chi connectivity index (χ0n) is 18.2. The molecule has 4 rings (SSSR count). The molecular formula is C27H26N4O. The molecule has 0 atom stereocenters. The Labute approximate surface area is 187 Å². The molecule has 1 aromatic heterocycles. The van der Waals surface area contributed by atoms with E-state index in [9.17, 15) is 4.79 Å². The fourth-order valence-corrected chi connectivity index (χ4v) is 3.45. The minimum atomic E-state index is -0.0843. The molecule has 0 saturated carbocycles. The highest BCUT2D eigenvalue weighted by molar-refractivity contribution is 6.03. The molecule has 1 amide bonds. The largest absolute Gasteiger partial charge is 0.355 e. The molecule has 0 aliphatic carbocycles. The van der Waals surface area contributed by atoms with E-state index in [1.54, 1.807) is 0 Å². The Morgan fingerprint density at radius 2 is 1.72 bits per heavy atom. The van der Waals surface area contributed by atoms with Crippen molar-refractivity contribution in [3.8, 4) is 0 Å². The number of aromatic amines is 1. The average Bonchev–Trinajstić information content (AvgIpc) is 3.21. The van der Waals surface area contributed by atoms with Gasteiger partial charge in [0, 0.05) is 28.0 Å². The van der Waals surface area contributed by atoms with E-state index in [2.05, 4.69) is 45.1 Å². The van der Waals surface area contributed by atoms with Crippen molar-refractivity contribution in [2.75, 3.05) is 10.6 Å². The number of nitrogens with zero attached hydrogens (tertiary/aromatic N) is 1. The lowest BCUT2D eigenvalue weighted by Crippen LogP contribution is -2.12. The van der Waals surface area contributed by atoms with Gasteiger partial charge in [-0.1, -0.05) is 55.5 Å². The van der Waals surface area contributed by atoms with Crippen LogP contribution in [0.15, 0.2) is 84.4 Å². The van der Waals surface area contributed by atoms with Gasteiger partial charge in [-0.3, -0.25) is 9.89 Å². The van der Waals surface area contributed by atoms with Gasteiger partial charge in [-0.15, -0.1) is 0 Å². The van der Waals surface area contributed by atoms with Crippen LogP contribution in [0.3, 0.4) is 0 Å². The van der Waals surface area contributed by atoms with E-state index >= 15 is 0 Å². The number of benzene rings is 3. The maximum Gasteiger partial charge on any atom is 0.250 e. The minimum Gasteiger partial charge on any atom is -0.355 e. The predicted molar refractivity (Wildman–Crippen MR) is 134 cm³/mol. The summed E-state index contributed by atoms with van der Waals surface area (Å²) in [5.41, 5.74) is 6.28. The summed E-state index contributed by atoms with van der Waals surface area (Å²) >= 11 is 0. The Morgan fingerprint density at radius 1 is 0.938 bits per heavy atom. The first-order valence-corrected chi connectivity index (χ1v) is 10.7. The van der Waals surface area contributed by atoms with Gasteiger partial charge in [-0.2, -0.15) is 5.10 Å². The number of aromatic nitrogens is 2. The predicted octanol–water partition coefficient (Wildman–Crippen LogP) is 6.77. The highest BCUT2D eigenvalue weighted by atomic mass is 16.1. The van der Waals surface area contributed by atoms with Crippen molar-refractivity contribution in [2.45, 2.75) is 20.3 Å². The number of fused-ring (bicyclic) bond motifs is 1. The third-order valence-corrected chi connectivity index (χ3v) is 5.10. The molecule has 0 radical (unpaired) electrons. The summed E-state index contributed by atoms with van der Waals surface area (Å²) in [6.45, 7) is 3.84. The monoisotopic (exact) mass is 422 g/mol. The first kappa shape index (κ1) is 21.1. The number of carbonyl (C=O) groups is 1. The summed E-state index contributed by atoms with van der Waals surface area (Å²) in [5.74, 6) is -0.0843. The Balaban J connectivity index is 1.49. The molecule has 0 spiro atoms. The van der Waals surface area contributed by atoms with Crippen LogP contribution in [0.5, 0.6) is 0 Å². The highest BCUT2D eigenvalue weighted by Gasteiger charge is 2.07. The van der Waals surface area contributed by atoms with Gasteiger partial charge in [0.25, 0.3) is 5.91 Å². The average molecular weight is 423 g/mol. The lowest BCUT2D eigenvalue weighted by atomic mass is 10.1. The summed E-state index contributed by atoms with van der Waals surface area (Å²) in [5, 5.41) is 15.0. The molecule has 5 nitrogen and oxygen atoms in total. The van der Waals surface area contributed by atoms with Gasteiger partial charge in [0.1, 0.15) is 0 Å². The maximum atomic E-state index is 12.2. The summed E-state index contributed by atoms with van der Waals surface area (Å²) < 4.78 is 0. The van der Waals surface area contributed by atoms with Crippen molar-refractivity contribution in [1.29, 1.82) is 0 Å². The lowest BCUT2D eigenvalue weighted by Gasteiger charge is -2.10. The Bertz CT molecular complexity index is 1290. The van der Waals surface area contributed by atoms with Gasteiger partial charge in [0.05, 0.1) is 11.2 Å². The van der Waals surface area contributed by atoms with Crippen LogP contribution in [0.2, 0.25) is 0 Å². The number of anilines is 3. The molecule has 0 bridgehead atoms. The summed E-state index contributed by atoms with van der Waals surface area (Å²) in [7, 11) is 0. The minimum absolute atomic E-state index is 0.0843. The number of H-pyrrole nitrogens is 1. The fraction of sp³-hybridized carbons (Fsp3) is 0.111. The lowest BCUT2D eigenvalue weighted by molar-refractivity contribution is -0.112. The van der Waals surface area contributed by atoms with Crippen molar-refractivity contribution < 1.29 is 4.79 Å². The number of hydrogen-bond donors (Lipinski definition) is 3. The third kappa shape index (κ3) is 5.13. The van der Waals surface area contributed by atoms with Crippen LogP contribution in [0.4, 0.5) is 17.1 Å². The van der Waals surface area contributed by atoms with E-state index in [1.807, 2.05) is 80.6 Å². The molecule has 32 heavy (non-hydrogen) atoms. The first-order chi connectivity index (χ1) is 15.6. The zero-order chi connectivity index (χ0) is 22.3. The topological polar surface area (TPSA) is 69.8 Å². The molecule has 0 fully saturated rings. The molecule has 3 N–H and O–H groups in total. The van der Waals surface area contributed by atoms with E-state index < -0.39 is 0 Å². The number of hydrogen-bond acceptors (Lipinski definition) is 3. The molecule has 1 heterocycles. The second-order valence-corrected chi connectivity index (χ2v) is 7.57. The van der Waals surface area contributed by atoms with Crippen molar-refractivity contribution in [3.63, 3.8) is 0 Å². The first-order valence-electron chi connectivity index (χ1n) is 10.7. The van der Waals surface area contributed by atoms with E-state index in [1.165, 1.54) is 0 Å². The molecule has 3 aromatic carbocycles. The smallest absolute Gasteiger partial charge is 0.250 e. The van der Waals surface area contributed by atoms with Crippen LogP contribution < -0.4 is 10.6 Å². The van der Waals surface area contributed by atoms with Gasteiger partial charge < -0.3 is 10.6 Å². The van der Waals surface area contributed by atoms with Gasteiger partial charge >= 0.3 is 0 Å². The normalized spacial score (nSPS) is 11.8. The number of rotatable bonds is 7. The van der Waals surface area contributed by atoms with E-state index in [0.717, 1.165) is 45.6 Å². The van der Waals surface area contributed by atoms with Crippen molar-refractivity contribution in [1.82, 2.24) is 10.2 Å². The molecule has 0 aliphatic heterocycles.